The SMILES string of the molecule is CCc1c(N)ncnc1N1CCCOc2ccccc21. The molecule has 0 fully saturated rings. The first-order chi connectivity index (χ1) is 9.81. The van der Waals surface area contributed by atoms with Crippen LogP contribution in [-0.2, 0) is 6.42 Å². The van der Waals surface area contributed by atoms with Crippen LogP contribution in [0.1, 0.15) is 18.9 Å². The Kier molecular flexibility index (Phi) is 3.41. The van der Waals surface area contributed by atoms with Gasteiger partial charge in [-0.2, -0.15) is 0 Å². The Bertz CT molecular complexity index is 615. The second-order valence-electron chi connectivity index (χ2n) is 4.74. The molecule has 0 spiro atoms. The van der Waals surface area contributed by atoms with Gasteiger partial charge in [0.2, 0.25) is 0 Å². The number of nitrogens with two attached hydrogens (primary N) is 1. The van der Waals surface area contributed by atoms with Crippen molar-refractivity contribution in [2.24, 2.45) is 0 Å². The van der Waals surface area contributed by atoms with E-state index in [0.717, 1.165) is 48.8 Å². The number of hydrogen-bond donors (Lipinski definition) is 1. The van der Waals surface area contributed by atoms with E-state index in [4.69, 9.17) is 10.5 Å². The summed E-state index contributed by atoms with van der Waals surface area (Å²) >= 11 is 0. The topological polar surface area (TPSA) is 64.3 Å². The number of nitrogens with zero attached hydrogens (tertiary/aromatic N) is 3. The molecule has 5 nitrogen and oxygen atoms in total. The zero-order valence-corrected chi connectivity index (χ0v) is 11.5. The van der Waals surface area contributed by atoms with Crippen LogP contribution in [0.15, 0.2) is 30.6 Å². The van der Waals surface area contributed by atoms with Crippen LogP contribution in [0.5, 0.6) is 5.75 Å². The largest absolute Gasteiger partial charge is 0.491 e. The van der Waals surface area contributed by atoms with E-state index in [1.54, 1.807) is 0 Å². The minimum absolute atomic E-state index is 0.556. The van der Waals surface area contributed by atoms with Gasteiger partial charge in [-0.3, -0.25) is 0 Å². The predicted molar refractivity (Wildman–Crippen MR) is 79.4 cm³/mol. The highest BCUT2D eigenvalue weighted by Gasteiger charge is 2.21. The van der Waals surface area contributed by atoms with Gasteiger partial charge in [0.1, 0.15) is 23.7 Å². The quantitative estimate of drug-likeness (QED) is 0.908. The van der Waals surface area contributed by atoms with Crippen LogP contribution in [0, 0.1) is 0 Å². The highest BCUT2D eigenvalue weighted by atomic mass is 16.5. The standard InChI is InChI=1S/C15H18N4O/c1-2-11-14(16)17-10-18-15(11)19-8-5-9-20-13-7-4-3-6-12(13)19/h3-4,6-7,10H,2,5,8-9H2,1H3,(H2,16,17,18). The molecule has 0 atom stereocenters. The molecule has 0 radical (unpaired) electrons. The first kappa shape index (κ1) is 12.7. The van der Waals surface area contributed by atoms with Crippen LogP contribution in [0.25, 0.3) is 0 Å². The van der Waals surface area contributed by atoms with E-state index in [1.165, 1.54) is 6.33 Å². The van der Waals surface area contributed by atoms with Crippen LogP contribution in [-0.4, -0.2) is 23.1 Å². The van der Waals surface area contributed by atoms with Crippen molar-refractivity contribution in [3.63, 3.8) is 0 Å². The van der Waals surface area contributed by atoms with Crippen molar-refractivity contribution in [1.82, 2.24) is 9.97 Å². The lowest BCUT2D eigenvalue weighted by atomic mass is 10.1. The fourth-order valence-corrected chi connectivity index (χ4v) is 2.54. The molecule has 0 saturated heterocycles. The Hall–Kier alpha value is -2.30. The van der Waals surface area contributed by atoms with Gasteiger partial charge >= 0.3 is 0 Å². The average molecular weight is 270 g/mol. The van der Waals surface area contributed by atoms with Gasteiger partial charge in [0.05, 0.1) is 12.3 Å². The van der Waals surface area contributed by atoms with Gasteiger partial charge in [0, 0.05) is 12.1 Å². The highest BCUT2D eigenvalue weighted by Crippen LogP contribution is 2.37. The van der Waals surface area contributed by atoms with E-state index in [2.05, 4.69) is 27.9 Å². The molecule has 2 aromatic rings. The number of aromatic nitrogens is 2. The van der Waals surface area contributed by atoms with Crippen LogP contribution >= 0.6 is 0 Å². The zero-order chi connectivity index (χ0) is 13.9. The fraction of sp³-hybridized carbons (Fsp3) is 0.333. The molecule has 1 aliphatic rings. The summed E-state index contributed by atoms with van der Waals surface area (Å²) in [6.45, 7) is 3.65. The van der Waals surface area contributed by atoms with E-state index < -0.39 is 0 Å². The van der Waals surface area contributed by atoms with Gasteiger partial charge in [0.25, 0.3) is 0 Å². The van der Waals surface area contributed by atoms with Crippen molar-refractivity contribution >= 4 is 17.3 Å². The maximum Gasteiger partial charge on any atom is 0.142 e. The van der Waals surface area contributed by atoms with E-state index in [9.17, 15) is 0 Å². The number of anilines is 3. The van der Waals surface area contributed by atoms with Gasteiger partial charge in [-0.15, -0.1) is 0 Å². The molecule has 1 aromatic carbocycles. The third-order valence-corrected chi connectivity index (χ3v) is 3.50. The van der Waals surface area contributed by atoms with Crippen molar-refractivity contribution < 1.29 is 4.74 Å². The summed E-state index contributed by atoms with van der Waals surface area (Å²) in [5.41, 5.74) is 8.02. The molecule has 0 bridgehead atoms. The van der Waals surface area contributed by atoms with Crippen molar-refractivity contribution in [3.05, 3.63) is 36.2 Å². The molecule has 1 aliphatic heterocycles. The van der Waals surface area contributed by atoms with E-state index in [1.807, 2.05) is 18.2 Å². The first-order valence-corrected chi connectivity index (χ1v) is 6.90. The van der Waals surface area contributed by atoms with E-state index >= 15 is 0 Å². The molecule has 0 unspecified atom stereocenters. The summed E-state index contributed by atoms with van der Waals surface area (Å²) in [7, 11) is 0. The summed E-state index contributed by atoms with van der Waals surface area (Å²) in [5, 5.41) is 0. The summed E-state index contributed by atoms with van der Waals surface area (Å²) in [5.74, 6) is 2.34. The second-order valence-corrected chi connectivity index (χ2v) is 4.74. The molecule has 0 aliphatic carbocycles. The summed E-state index contributed by atoms with van der Waals surface area (Å²) < 4.78 is 5.79. The van der Waals surface area contributed by atoms with Crippen LogP contribution in [0.3, 0.4) is 0 Å². The van der Waals surface area contributed by atoms with Gasteiger partial charge in [-0.05, 0) is 25.0 Å². The molecule has 2 N–H and O–H groups in total. The molecule has 20 heavy (non-hydrogen) atoms. The maximum absolute atomic E-state index is 5.99. The number of nitrogen functional groups attached to an aromatic ring is 1. The van der Waals surface area contributed by atoms with Crippen molar-refractivity contribution in [2.75, 3.05) is 23.8 Å². The third-order valence-electron chi connectivity index (χ3n) is 3.50. The lowest BCUT2D eigenvalue weighted by molar-refractivity contribution is 0.322. The van der Waals surface area contributed by atoms with Gasteiger partial charge < -0.3 is 15.4 Å². The molecule has 5 heteroatoms. The minimum Gasteiger partial charge on any atom is -0.491 e. The van der Waals surface area contributed by atoms with Crippen LogP contribution < -0.4 is 15.4 Å². The molecule has 0 saturated carbocycles. The Morgan fingerprint density at radius 3 is 3.00 bits per heavy atom. The van der Waals surface area contributed by atoms with Crippen molar-refractivity contribution in [2.45, 2.75) is 19.8 Å². The number of hydrogen-bond acceptors (Lipinski definition) is 5. The third kappa shape index (κ3) is 2.15. The second kappa shape index (κ2) is 5.36. The molecule has 0 amide bonds. The number of fused-ring (bicyclic) bond motifs is 1. The summed E-state index contributed by atoms with van der Waals surface area (Å²) in [4.78, 5) is 10.7. The van der Waals surface area contributed by atoms with Crippen LogP contribution in [0.4, 0.5) is 17.3 Å². The smallest absolute Gasteiger partial charge is 0.142 e. The van der Waals surface area contributed by atoms with Gasteiger partial charge in [0.15, 0.2) is 0 Å². The molecule has 1 aromatic heterocycles. The maximum atomic E-state index is 5.99. The normalized spacial score (nSPS) is 14.3. The number of rotatable bonds is 2. The van der Waals surface area contributed by atoms with E-state index in [-0.39, 0.29) is 0 Å². The number of benzene rings is 1. The molecule has 2 heterocycles. The van der Waals surface area contributed by atoms with Gasteiger partial charge in [-0.1, -0.05) is 19.1 Å². The predicted octanol–water partition coefficient (Wildman–Crippen LogP) is 2.54. The summed E-state index contributed by atoms with van der Waals surface area (Å²) in [6, 6.07) is 8.04. The lowest BCUT2D eigenvalue weighted by Crippen LogP contribution is -2.21. The average Bonchev–Trinajstić information content (AvgIpc) is 2.69. The molecule has 104 valence electrons. The Morgan fingerprint density at radius 2 is 2.15 bits per heavy atom. The highest BCUT2D eigenvalue weighted by molar-refractivity contribution is 5.71. The molecular weight excluding hydrogens is 252 g/mol. The first-order valence-electron chi connectivity index (χ1n) is 6.90. The minimum atomic E-state index is 0.556. The Balaban J connectivity index is 2.12. The fourth-order valence-electron chi connectivity index (χ4n) is 2.54. The van der Waals surface area contributed by atoms with Crippen LogP contribution in [0.2, 0.25) is 0 Å². The summed E-state index contributed by atoms with van der Waals surface area (Å²) in [6.07, 6.45) is 3.28. The molecular formula is C15H18N4O. The van der Waals surface area contributed by atoms with E-state index in [0.29, 0.717) is 5.82 Å². The lowest BCUT2D eigenvalue weighted by Gasteiger charge is -2.25. The Labute approximate surface area is 118 Å². The van der Waals surface area contributed by atoms with Crippen molar-refractivity contribution in [3.8, 4) is 5.75 Å². The van der Waals surface area contributed by atoms with Crippen molar-refractivity contribution in [1.29, 1.82) is 0 Å². The zero-order valence-electron chi connectivity index (χ0n) is 11.5. The Morgan fingerprint density at radius 1 is 1.30 bits per heavy atom. The molecule has 3 rings (SSSR count). The number of para-hydroxylation sites is 2. The number of ether oxygens (including phenoxy) is 1. The monoisotopic (exact) mass is 270 g/mol. The van der Waals surface area contributed by atoms with Gasteiger partial charge in [-0.25, -0.2) is 9.97 Å².